The smallest absolute Gasteiger partial charge is 0.338 e. The van der Waals surface area contributed by atoms with E-state index >= 15 is 0 Å². The van der Waals surface area contributed by atoms with Crippen molar-refractivity contribution in [2.75, 3.05) is 26.1 Å². The lowest BCUT2D eigenvalue weighted by atomic mass is 9.95. The molecule has 0 saturated carbocycles. The topological polar surface area (TPSA) is 165 Å². The molecule has 0 fully saturated rings. The van der Waals surface area contributed by atoms with Gasteiger partial charge in [-0.3, -0.25) is 19.4 Å². The molecule has 1 aliphatic rings. The Morgan fingerprint density at radius 2 is 1.73 bits per heavy atom. The first kappa shape index (κ1) is 36.6. The van der Waals surface area contributed by atoms with Crippen LogP contribution in [0.4, 0.5) is 0 Å². The SMILES string of the molecule is CCOc1cc2c(c(OCC)c1OCC)-c1ccc(SC)c(=O)cc1[C@@H](NC(=O)c1ccc(COC(=O)c3cccc(O[N+](=O)[O-])c3)nc1)CC2. The molecule has 1 aliphatic carbocycles. The maximum Gasteiger partial charge on any atom is 0.338 e. The van der Waals surface area contributed by atoms with E-state index in [1.165, 1.54) is 42.2 Å². The number of aromatic nitrogens is 1. The second-order valence-corrected chi connectivity index (χ2v) is 12.0. The third-order valence-corrected chi connectivity index (χ3v) is 8.74. The molecule has 5 rings (SSSR count). The van der Waals surface area contributed by atoms with Crippen LogP contribution < -0.4 is 29.8 Å². The zero-order valence-corrected chi connectivity index (χ0v) is 29.4. The van der Waals surface area contributed by atoms with E-state index in [1.54, 1.807) is 24.3 Å². The summed E-state index contributed by atoms with van der Waals surface area (Å²) in [5, 5.41) is 12.8. The molecular formula is C37H37N3O10S. The van der Waals surface area contributed by atoms with Crippen LogP contribution in [-0.4, -0.2) is 48.0 Å². The molecule has 266 valence electrons. The fraction of sp³-hybridized carbons (Fsp3) is 0.297. The van der Waals surface area contributed by atoms with Gasteiger partial charge in [-0.2, -0.15) is 0 Å². The van der Waals surface area contributed by atoms with E-state index in [9.17, 15) is 24.5 Å². The van der Waals surface area contributed by atoms with Gasteiger partial charge in [0, 0.05) is 11.8 Å². The maximum absolute atomic E-state index is 13.7. The molecule has 0 spiro atoms. The predicted molar refractivity (Wildman–Crippen MR) is 189 cm³/mol. The van der Waals surface area contributed by atoms with E-state index in [0.717, 1.165) is 16.7 Å². The highest BCUT2D eigenvalue weighted by Gasteiger charge is 2.30. The van der Waals surface area contributed by atoms with Gasteiger partial charge in [-0.15, -0.1) is 21.9 Å². The average molecular weight is 716 g/mol. The lowest BCUT2D eigenvalue weighted by Gasteiger charge is -2.21. The van der Waals surface area contributed by atoms with Gasteiger partial charge >= 0.3 is 5.97 Å². The van der Waals surface area contributed by atoms with E-state index in [0.29, 0.717) is 66.1 Å². The molecular weight excluding hydrogens is 678 g/mol. The number of hydrogen-bond donors (Lipinski definition) is 1. The number of hydrogen-bond acceptors (Lipinski definition) is 12. The fourth-order valence-electron chi connectivity index (χ4n) is 5.78. The van der Waals surface area contributed by atoms with Crippen LogP contribution in [0.5, 0.6) is 23.0 Å². The second-order valence-electron chi connectivity index (χ2n) is 11.2. The maximum atomic E-state index is 13.7. The summed E-state index contributed by atoms with van der Waals surface area (Å²) in [5.41, 5.74) is 3.63. The van der Waals surface area contributed by atoms with E-state index in [-0.39, 0.29) is 28.9 Å². The van der Waals surface area contributed by atoms with Gasteiger partial charge in [0.1, 0.15) is 12.4 Å². The lowest BCUT2D eigenvalue weighted by Crippen LogP contribution is -2.29. The van der Waals surface area contributed by atoms with E-state index in [4.69, 9.17) is 18.9 Å². The second kappa shape index (κ2) is 16.9. The number of carbonyl (C=O) groups is 2. The quantitative estimate of drug-likeness (QED) is 0.0665. The number of benzene rings is 2. The molecule has 0 aliphatic heterocycles. The number of nitrogens with zero attached hydrogens (tertiary/aromatic N) is 2. The highest BCUT2D eigenvalue weighted by molar-refractivity contribution is 7.98. The minimum absolute atomic E-state index is 0.0621. The Morgan fingerprint density at radius 1 is 0.961 bits per heavy atom. The summed E-state index contributed by atoms with van der Waals surface area (Å²) in [6.45, 7) is 6.66. The fourth-order valence-corrected chi connectivity index (χ4v) is 6.24. The highest BCUT2D eigenvalue weighted by Crippen LogP contribution is 2.50. The van der Waals surface area contributed by atoms with Crippen molar-refractivity contribution in [2.24, 2.45) is 0 Å². The van der Waals surface area contributed by atoms with Gasteiger partial charge in [0.05, 0.1) is 47.6 Å². The first-order chi connectivity index (χ1) is 24.7. The Kier molecular flexibility index (Phi) is 12.1. The summed E-state index contributed by atoms with van der Waals surface area (Å²) in [6, 6.07) is 15.2. The molecule has 1 atom stereocenters. The molecule has 0 unspecified atom stereocenters. The van der Waals surface area contributed by atoms with Crippen LogP contribution >= 0.6 is 11.8 Å². The monoisotopic (exact) mass is 715 g/mol. The Morgan fingerprint density at radius 3 is 2.41 bits per heavy atom. The van der Waals surface area contributed by atoms with Gasteiger partial charge in [0.25, 0.3) is 11.0 Å². The van der Waals surface area contributed by atoms with Crippen molar-refractivity contribution in [3.63, 3.8) is 0 Å². The molecule has 4 aromatic rings. The zero-order chi connectivity index (χ0) is 36.5. The molecule has 13 nitrogen and oxygen atoms in total. The van der Waals surface area contributed by atoms with Crippen LogP contribution in [0.15, 0.2) is 76.6 Å². The molecule has 1 amide bonds. The highest BCUT2D eigenvalue weighted by atomic mass is 32.2. The molecule has 14 heteroatoms. The van der Waals surface area contributed by atoms with Crippen LogP contribution in [-0.2, 0) is 17.8 Å². The number of carbonyl (C=O) groups excluding carboxylic acids is 2. The number of ether oxygens (including phenoxy) is 4. The molecule has 0 bridgehead atoms. The average Bonchev–Trinajstić information content (AvgIpc) is 3.36. The molecule has 0 saturated heterocycles. The van der Waals surface area contributed by atoms with Crippen LogP contribution in [0.25, 0.3) is 11.1 Å². The van der Waals surface area contributed by atoms with Gasteiger partial charge in [-0.1, -0.05) is 12.1 Å². The van der Waals surface area contributed by atoms with Gasteiger partial charge in [-0.25, -0.2) is 4.79 Å². The van der Waals surface area contributed by atoms with Crippen LogP contribution in [0.3, 0.4) is 0 Å². The zero-order valence-electron chi connectivity index (χ0n) is 28.6. The minimum Gasteiger partial charge on any atom is -0.490 e. The minimum atomic E-state index is -0.975. The number of fused-ring (bicyclic) bond motifs is 3. The Bertz CT molecular complexity index is 1990. The number of nitrogens with one attached hydrogen (secondary N) is 1. The van der Waals surface area contributed by atoms with Gasteiger partial charge in [0.15, 0.2) is 16.9 Å². The number of pyridine rings is 1. The van der Waals surface area contributed by atoms with Crippen molar-refractivity contribution < 1.29 is 38.5 Å². The number of esters is 1. The van der Waals surface area contributed by atoms with Crippen molar-refractivity contribution in [3.05, 3.63) is 115 Å². The van der Waals surface area contributed by atoms with Crippen molar-refractivity contribution in [2.45, 2.75) is 51.2 Å². The normalized spacial score (nSPS) is 13.1. The number of amides is 1. The molecule has 1 heterocycles. The van der Waals surface area contributed by atoms with Crippen LogP contribution in [0.2, 0.25) is 0 Å². The van der Waals surface area contributed by atoms with Crippen molar-refractivity contribution in [1.82, 2.24) is 10.3 Å². The first-order valence-electron chi connectivity index (χ1n) is 16.3. The number of rotatable bonds is 14. The number of thioether (sulfide) groups is 1. The Hall–Kier alpha value is -5.63. The van der Waals surface area contributed by atoms with E-state index in [2.05, 4.69) is 15.1 Å². The van der Waals surface area contributed by atoms with Crippen molar-refractivity contribution >= 4 is 23.6 Å². The third-order valence-electron chi connectivity index (χ3n) is 7.96. The molecule has 1 N–H and O–H groups in total. The summed E-state index contributed by atoms with van der Waals surface area (Å²) >= 11 is 1.34. The summed E-state index contributed by atoms with van der Waals surface area (Å²) in [4.78, 5) is 59.4. The standard InChI is InChI=1S/C37H37N3O10S/c1-5-46-31-18-22-12-15-29(28-19-30(41)32(51-4)16-14-27(28)33(22)35(48-7-3)34(31)47-6-2)39-36(42)24-11-13-25(38-20-24)21-49-37(43)23-9-8-10-26(17-23)50-40(44)45/h8-11,13-14,16-20,29H,5-7,12,15,21H2,1-4H3,(H,39,42)/t29-/m0/s1. The summed E-state index contributed by atoms with van der Waals surface area (Å²) in [5.74, 6) is 0.320. The first-order valence-corrected chi connectivity index (χ1v) is 17.6. The lowest BCUT2D eigenvalue weighted by molar-refractivity contribution is -0.711. The van der Waals surface area contributed by atoms with E-state index in [1.807, 2.05) is 39.2 Å². The summed E-state index contributed by atoms with van der Waals surface area (Å²) in [7, 11) is 0. The van der Waals surface area contributed by atoms with Gasteiger partial charge in [0.2, 0.25) is 5.75 Å². The Balaban J connectivity index is 1.42. The Labute approximate surface area is 298 Å². The predicted octanol–water partition coefficient (Wildman–Crippen LogP) is 6.37. The summed E-state index contributed by atoms with van der Waals surface area (Å²) < 4.78 is 23.6. The summed E-state index contributed by atoms with van der Waals surface area (Å²) in [6.07, 6.45) is 4.23. The molecule has 1 aromatic heterocycles. The largest absolute Gasteiger partial charge is 0.490 e. The van der Waals surface area contributed by atoms with Crippen LogP contribution in [0.1, 0.15) is 70.8 Å². The molecule has 3 aromatic carbocycles. The van der Waals surface area contributed by atoms with Gasteiger partial charge < -0.3 is 24.3 Å². The van der Waals surface area contributed by atoms with E-state index < -0.39 is 23.0 Å². The number of aryl methyl sites for hydroxylation is 1. The third kappa shape index (κ3) is 8.58. The van der Waals surface area contributed by atoms with Crippen LogP contribution in [0, 0.1) is 10.1 Å². The molecule has 0 radical (unpaired) electrons. The molecule has 51 heavy (non-hydrogen) atoms. The van der Waals surface area contributed by atoms with Gasteiger partial charge in [-0.05, 0) is 105 Å². The van der Waals surface area contributed by atoms with Crippen molar-refractivity contribution in [3.8, 4) is 34.1 Å². The van der Waals surface area contributed by atoms with Crippen molar-refractivity contribution in [1.29, 1.82) is 0 Å².